The summed E-state index contributed by atoms with van der Waals surface area (Å²) in [6, 6.07) is 6.60. The first-order valence-electron chi connectivity index (χ1n) is 6.43. The molecular formula is C14H21FN2. The number of hydrogen-bond acceptors (Lipinski definition) is 2. The van der Waals surface area contributed by atoms with Crippen LogP contribution in [0, 0.1) is 11.7 Å². The lowest BCUT2D eigenvalue weighted by molar-refractivity contribution is 0.300. The Morgan fingerprint density at radius 2 is 2.24 bits per heavy atom. The van der Waals surface area contributed by atoms with Crippen LogP contribution in [-0.4, -0.2) is 24.5 Å². The van der Waals surface area contributed by atoms with Gasteiger partial charge in [0.1, 0.15) is 5.82 Å². The van der Waals surface area contributed by atoms with Gasteiger partial charge in [0, 0.05) is 24.7 Å². The third-order valence-electron chi connectivity index (χ3n) is 3.71. The molecule has 1 aromatic carbocycles. The Bertz CT molecular complexity index is 367. The molecule has 0 spiro atoms. The molecule has 1 saturated heterocycles. The largest absolute Gasteiger partial charge is 0.323 e. The minimum absolute atomic E-state index is 0.189. The fourth-order valence-electron chi connectivity index (χ4n) is 2.56. The monoisotopic (exact) mass is 236 g/mol. The van der Waals surface area contributed by atoms with Gasteiger partial charge in [0.15, 0.2) is 0 Å². The van der Waals surface area contributed by atoms with Crippen molar-refractivity contribution >= 4 is 0 Å². The van der Waals surface area contributed by atoms with Gasteiger partial charge >= 0.3 is 0 Å². The summed E-state index contributed by atoms with van der Waals surface area (Å²) < 4.78 is 13.6. The maximum absolute atomic E-state index is 13.6. The zero-order valence-electron chi connectivity index (χ0n) is 10.4. The van der Waals surface area contributed by atoms with E-state index in [1.54, 1.807) is 12.1 Å². The van der Waals surface area contributed by atoms with Gasteiger partial charge in [0.2, 0.25) is 0 Å². The second kappa shape index (κ2) is 5.61. The molecule has 0 aliphatic carbocycles. The average molecular weight is 236 g/mol. The van der Waals surface area contributed by atoms with E-state index in [1.165, 1.54) is 18.9 Å². The second-order valence-corrected chi connectivity index (χ2v) is 4.95. The molecule has 0 saturated carbocycles. The predicted octanol–water partition coefficient (Wildman–Crippen LogP) is 2.56. The molecule has 0 aromatic heterocycles. The number of halogens is 1. The molecule has 0 radical (unpaired) electrons. The van der Waals surface area contributed by atoms with Crippen LogP contribution in [0.25, 0.3) is 0 Å². The van der Waals surface area contributed by atoms with Crippen LogP contribution in [0.15, 0.2) is 24.3 Å². The first-order chi connectivity index (χ1) is 8.20. The van der Waals surface area contributed by atoms with E-state index in [0.29, 0.717) is 5.56 Å². The number of benzene rings is 1. The van der Waals surface area contributed by atoms with Gasteiger partial charge in [-0.25, -0.2) is 4.39 Å². The summed E-state index contributed by atoms with van der Waals surface area (Å²) in [5.74, 6) is 0.606. The van der Waals surface area contributed by atoms with Crippen LogP contribution in [0.4, 0.5) is 4.39 Å². The van der Waals surface area contributed by atoms with E-state index in [-0.39, 0.29) is 11.9 Å². The zero-order chi connectivity index (χ0) is 12.3. The maximum Gasteiger partial charge on any atom is 0.128 e. The molecule has 2 unspecified atom stereocenters. The summed E-state index contributed by atoms with van der Waals surface area (Å²) in [5.41, 5.74) is 6.71. The highest BCUT2D eigenvalue weighted by atomic mass is 19.1. The van der Waals surface area contributed by atoms with Crippen molar-refractivity contribution in [3.63, 3.8) is 0 Å². The third-order valence-corrected chi connectivity index (χ3v) is 3.71. The first kappa shape index (κ1) is 12.5. The molecule has 1 aliphatic heterocycles. The summed E-state index contributed by atoms with van der Waals surface area (Å²) in [4.78, 5) is 2.35. The predicted molar refractivity (Wildman–Crippen MR) is 68.2 cm³/mol. The Morgan fingerprint density at radius 1 is 1.47 bits per heavy atom. The quantitative estimate of drug-likeness (QED) is 0.870. The topological polar surface area (TPSA) is 29.3 Å². The molecule has 2 rings (SSSR count). The number of nitrogens with two attached hydrogens (primary N) is 1. The Balaban J connectivity index is 1.94. The van der Waals surface area contributed by atoms with Crippen molar-refractivity contribution in [2.75, 3.05) is 19.6 Å². The molecule has 2 atom stereocenters. The van der Waals surface area contributed by atoms with Gasteiger partial charge < -0.3 is 10.6 Å². The molecule has 2 N–H and O–H groups in total. The average Bonchev–Trinajstić information content (AvgIpc) is 2.77. The molecule has 94 valence electrons. The standard InChI is InChI=1S/C14H21FN2/c1-2-11-7-8-17(9-11)10-14(16)12-5-3-4-6-13(12)15/h3-6,11,14H,2,7-10,16H2,1H3. The maximum atomic E-state index is 13.6. The van der Waals surface area contributed by atoms with E-state index in [1.807, 2.05) is 6.07 Å². The van der Waals surface area contributed by atoms with Gasteiger partial charge in [0.05, 0.1) is 0 Å². The normalized spacial score (nSPS) is 22.9. The van der Waals surface area contributed by atoms with Crippen LogP contribution < -0.4 is 5.73 Å². The fourth-order valence-corrected chi connectivity index (χ4v) is 2.56. The summed E-state index contributed by atoms with van der Waals surface area (Å²) >= 11 is 0. The highest BCUT2D eigenvalue weighted by Crippen LogP contribution is 2.22. The Morgan fingerprint density at radius 3 is 2.88 bits per heavy atom. The molecule has 17 heavy (non-hydrogen) atoms. The van der Waals surface area contributed by atoms with Crippen LogP contribution in [-0.2, 0) is 0 Å². The van der Waals surface area contributed by atoms with Crippen molar-refractivity contribution in [2.45, 2.75) is 25.8 Å². The lowest BCUT2D eigenvalue weighted by Crippen LogP contribution is -2.31. The summed E-state index contributed by atoms with van der Waals surface area (Å²) in [6.45, 7) is 5.20. The van der Waals surface area contributed by atoms with Crippen LogP contribution in [0.5, 0.6) is 0 Å². The van der Waals surface area contributed by atoms with E-state index in [9.17, 15) is 4.39 Å². The van der Waals surface area contributed by atoms with Gasteiger partial charge in [-0.15, -0.1) is 0 Å². The van der Waals surface area contributed by atoms with Gasteiger partial charge in [-0.2, -0.15) is 0 Å². The molecule has 1 fully saturated rings. The third kappa shape index (κ3) is 3.05. The first-order valence-corrected chi connectivity index (χ1v) is 6.43. The molecule has 0 bridgehead atoms. The Kier molecular flexibility index (Phi) is 4.13. The summed E-state index contributed by atoms with van der Waals surface area (Å²) in [7, 11) is 0. The number of likely N-dealkylation sites (tertiary alicyclic amines) is 1. The van der Waals surface area contributed by atoms with Crippen molar-refractivity contribution in [2.24, 2.45) is 11.7 Å². The highest BCUT2D eigenvalue weighted by Gasteiger charge is 2.23. The molecule has 0 amide bonds. The fraction of sp³-hybridized carbons (Fsp3) is 0.571. The van der Waals surface area contributed by atoms with Gasteiger partial charge in [-0.1, -0.05) is 31.5 Å². The van der Waals surface area contributed by atoms with Gasteiger partial charge in [-0.3, -0.25) is 0 Å². The smallest absolute Gasteiger partial charge is 0.128 e. The minimum Gasteiger partial charge on any atom is -0.323 e. The number of nitrogens with zero attached hydrogens (tertiary/aromatic N) is 1. The second-order valence-electron chi connectivity index (χ2n) is 4.95. The van der Waals surface area contributed by atoms with E-state index in [4.69, 9.17) is 5.73 Å². The molecule has 2 nitrogen and oxygen atoms in total. The van der Waals surface area contributed by atoms with Crippen molar-refractivity contribution < 1.29 is 4.39 Å². The van der Waals surface area contributed by atoms with Gasteiger partial charge in [0.25, 0.3) is 0 Å². The number of hydrogen-bond donors (Lipinski definition) is 1. The SMILES string of the molecule is CCC1CCN(CC(N)c2ccccc2F)C1. The molecular weight excluding hydrogens is 215 g/mol. The van der Waals surface area contributed by atoms with Crippen molar-refractivity contribution in [1.82, 2.24) is 4.90 Å². The van der Waals surface area contributed by atoms with Crippen molar-refractivity contribution in [3.05, 3.63) is 35.6 Å². The Labute approximate surface area is 103 Å². The highest BCUT2D eigenvalue weighted by molar-refractivity contribution is 5.21. The molecule has 1 aliphatic rings. The van der Waals surface area contributed by atoms with E-state index >= 15 is 0 Å². The Hall–Kier alpha value is -0.930. The van der Waals surface area contributed by atoms with E-state index in [0.717, 1.165) is 25.6 Å². The van der Waals surface area contributed by atoms with Crippen LogP contribution in [0.2, 0.25) is 0 Å². The van der Waals surface area contributed by atoms with E-state index < -0.39 is 0 Å². The lowest BCUT2D eigenvalue weighted by Gasteiger charge is -2.21. The van der Waals surface area contributed by atoms with Gasteiger partial charge in [-0.05, 0) is 24.9 Å². The lowest BCUT2D eigenvalue weighted by atomic mass is 10.1. The minimum atomic E-state index is -0.216. The summed E-state index contributed by atoms with van der Waals surface area (Å²) in [5, 5.41) is 0. The molecule has 1 aromatic rings. The van der Waals surface area contributed by atoms with Crippen molar-refractivity contribution in [1.29, 1.82) is 0 Å². The van der Waals surface area contributed by atoms with Crippen molar-refractivity contribution in [3.8, 4) is 0 Å². The van der Waals surface area contributed by atoms with Crippen LogP contribution >= 0.6 is 0 Å². The number of rotatable bonds is 4. The summed E-state index contributed by atoms with van der Waals surface area (Å²) in [6.07, 6.45) is 2.48. The van der Waals surface area contributed by atoms with E-state index in [2.05, 4.69) is 11.8 Å². The molecule has 3 heteroatoms. The van der Waals surface area contributed by atoms with Crippen LogP contribution in [0.3, 0.4) is 0 Å². The molecule has 1 heterocycles. The van der Waals surface area contributed by atoms with Crippen LogP contribution in [0.1, 0.15) is 31.4 Å². The zero-order valence-corrected chi connectivity index (χ0v) is 10.4.